The summed E-state index contributed by atoms with van der Waals surface area (Å²) >= 11 is 0. The van der Waals surface area contributed by atoms with Crippen molar-refractivity contribution in [2.75, 3.05) is 57.1 Å². The molecule has 4 aromatic rings. The highest BCUT2D eigenvalue weighted by atomic mass is 16.5. The average molecular weight is 491 g/mol. The molecular weight excluding hydrogens is 452 g/mol. The Kier molecular flexibility index (Phi) is 5.08. The molecule has 0 aliphatic heterocycles. The van der Waals surface area contributed by atoms with E-state index in [0.29, 0.717) is 39.0 Å². The molecule has 0 aliphatic rings. The third-order valence-electron chi connectivity index (χ3n) is 6.01. The van der Waals surface area contributed by atoms with E-state index in [-0.39, 0.29) is 19.0 Å². The smallest absolute Gasteiger partial charge is 0.227 e. The predicted molar refractivity (Wildman–Crippen MR) is 146 cm³/mol. The first kappa shape index (κ1) is 18.0. The second-order valence-electron chi connectivity index (χ2n) is 8.53. The number of hydrogen-bond donors (Lipinski definition) is 2. The average Bonchev–Trinajstić information content (AvgIpc) is 3.20. The molecule has 186 valence electrons. The lowest BCUT2D eigenvalue weighted by atomic mass is 10.0. The van der Waals surface area contributed by atoms with Crippen molar-refractivity contribution >= 4 is 33.9 Å². The second kappa shape index (κ2) is 10.1. The van der Waals surface area contributed by atoms with Crippen molar-refractivity contribution in [1.29, 1.82) is 5.26 Å². The summed E-state index contributed by atoms with van der Waals surface area (Å²) in [5.41, 5.74) is 11.5. The van der Waals surface area contributed by atoms with Crippen molar-refractivity contribution in [3.8, 4) is 23.1 Å². The van der Waals surface area contributed by atoms with Gasteiger partial charge in [-0.05, 0) is 50.7 Å². The number of nitrogens with zero attached hydrogens (tertiary/aromatic N) is 6. The molecule has 2 heterocycles. The van der Waals surface area contributed by atoms with Crippen molar-refractivity contribution in [3.63, 3.8) is 0 Å². The van der Waals surface area contributed by atoms with Crippen LogP contribution in [0.2, 0.25) is 0 Å². The van der Waals surface area contributed by atoms with Crippen LogP contribution in [0.1, 0.15) is 19.4 Å². The summed E-state index contributed by atoms with van der Waals surface area (Å²) in [6, 6.07) is 11.2. The second-order valence-corrected chi connectivity index (χ2v) is 8.53. The zero-order valence-electron chi connectivity index (χ0n) is 26.6. The van der Waals surface area contributed by atoms with E-state index in [0.717, 1.165) is 22.0 Å². The van der Waals surface area contributed by atoms with Crippen LogP contribution in [-0.4, -0.2) is 60.6 Å². The summed E-state index contributed by atoms with van der Waals surface area (Å²) in [5.74, 6) is 0.692. The Morgan fingerprint density at radius 1 is 1.25 bits per heavy atom. The molecule has 0 spiro atoms. The molecule has 0 saturated heterocycles. The highest BCUT2D eigenvalue weighted by Crippen LogP contribution is 2.36. The molecule has 0 bridgehead atoms. The fourth-order valence-electron chi connectivity index (χ4n) is 4.23. The molecular formula is C27H32N8O. The third-order valence-corrected chi connectivity index (χ3v) is 6.01. The molecule has 0 unspecified atom stereocenters. The zero-order chi connectivity index (χ0) is 31.0. The molecule has 0 saturated carbocycles. The lowest BCUT2D eigenvalue weighted by Gasteiger charge is -2.24. The molecule has 0 atom stereocenters. The van der Waals surface area contributed by atoms with Gasteiger partial charge in [0.05, 0.1) is 40.9 Å². The first-order valence-electron chi connectivity index (χ1n) is 14.2. The maximum absolute atomic E-state index is 9.78. The van der Waals surface area contributed by atoms with Crippen LogP contribution in [0.3, 0.4) is 0 Å². The molecule has 2 aromatic carbocycles. The molecule has 3 N–H and O–H groups in total. The van der Waals surface area contributed by atoms with Crippen molar-refractivity contribution in [2.24, 2.45) is 7.05 Å². The maximum Gasteiger partial charge on any atom is 0.227 e. The van der Waals surface area contributed by atoms with Crippen LogP contribution in [0.4, 0.5) is 23.0 Å². The molecule has 0 fully saturated rings. The van der Waals surface area contributed by atoms with Crippen molar-refractivity contribution in [1.82, 2.24) is 19.4 Å². The summed E-state index contributed by atoms with van der Waals surface area (Å²) in [6.07, 6.45) is 3.59. The Balaban J connectivity index is 1.60. The van der Waals surface area contributed by atoms with Gasteiger partial charge in [0.25, 0.3) is 0 Å². The minimum absolute atomic E-state index is 0.0813. The number of aryl methyl sites for hydroxylation is 2. The summed E-state index contributed by atoms with van der Waals surface area (Å²) in [7, 11) is 5.08. The Hall–Kier alpha value is -4.29. The summed E-state index contributed by atoms with van der Waals surface area (Å²) in [5, 5.41) is 13.9. The highest BCUT2D eigenvalue weighted by Gasteiger charge is 2.15. The number of fused-ring (bicyclic) bond motifs is 1. The van der Waals surface area contributed by atoms with Crippen molar-refractivity contribution in [3.05, 3.63) is 53.9 Å². The third kappa shape index (κ3) is 4.90. The molecule has 0 aliphatic carbocycles. The predicted octanol–water partition coefficient (Wildman–Crippen LogP) is 4.15. The van der Waals surface area contributed by atoms with Crippen LogP contribution in [0, 0.1) is 18.3 Å². The van der Waals surface area contributed by atoms with Gasteiger partial charge in [0.1, 0.15) is 11.8 Å². The van der Waals surface area contributed by atoms with E-state index in [1.807, 2.05) is 30.8 Å². The van der Waals surface area contributed by atoms with Crippen LogP contribution >= 0.6 is 0 Å². The van der Waals surface area contributed by atoms with Crippen molar-refractivity contribution < 1.29 is 13.0 Å². The van der Waals surface area contributed by atoms with Crippen LogP contribution in [0.5, 0.6) is 5.75 Å². The lowest BCUT2D eigenvalue weighted by molar-refractivity contribution is 0.413. The van der Waals surface area contributed by atoms with Crippen molar-refractivity contribution in [2.45, 2.75) is 6.92 Å². The van der Waals surface area contributed by atoms with E-state index in [1.165, 1.54) is 7.11 Å². The van der Waals surface area contributed by atoms with Gasteiger partial charge in [-0.2, -0.15) is 5.26 Å². The van der Waals surface area contributed by atoms with Gasteiger partial charge in [-0.25, -0.2) is 9.97 Å². The molecule has 2 aromatic heterocycles. The Bertz CT molecular complexity index is 1640. The number of nitriles is 1. The number of nitrogens with one attached hydrogen (secondary N) is 1. The minimum Gasteiger partial charge on any atom is -0.494 e. The number of anilines is 4. The largest absolute Gasteiger partial charge is 0.494 e. The maximum atomic E-state index is 9.78. The first-order chi connectivity index (χ1) is 19.6. The first-order valence-corrected chi connectivity index (χ1v) is 11.2. The number of likely N-dealkylation sites (N-methyl/N-ethyl adjacent to an activating group) is 2. The number of hydrogen-bond acceptors (Lipinski definition) is 8. The SMILES string of the molecule is [2H]C([2H])([2H])N(CCN(C)c1cc(OC)c(Nc2nccc(-c3cc(C#N)c4c(c3)c(C)cn4C)n2)cc1N)C([2H])([2H])[2H]. The fourth-order valence-corrected chi connectivity index (χ4v) is 4.23. The normalized spacial score (nSPS) is 14.2. The lowest BCUT2D eigenvalue weighted by Crippen LogP contribution is -2.29. The van der Waals surface area contributed by atoms with Gasteiger partial charge in [-0.15, -0.1) is 0 Å². The fraction of sp³-hybridized carbons (Fsp3) is 0.296. The van der Waals surface area contributed by atoms with Crippen LogP contribution < -0.4 is 20.7 Å². The van der Waals surface area contributed by atoms with Gasteiger partial charge in [-0.1, -0.05) is 0 Å². The minimum atomic E-state index is -2.78. The number of aromatic nitrogens is 3. The van der Waals surface area contributed by atoms with E-state index in [9.17, 15) is 5.26 Å². The standard InChI is InChI=1S/C27H32N8O/c1-17-16-35(5)26-19(15-28)11-18(12-20(17)26)22-7-8-30-27(31-22)32-23-13-21(29)24(14-25(23)36-6)34(4)10-9-33(2)3/h7-8,11-14,16H,9-10,29H2,1-6H3,(H,30,31,32)/i2D3,3D3. The van der Waals surface area contributed by atoms with E-state index < -0.39 is 14.0 Å². The van der Waals surface area contributed by atoms with E-state index in [2.05, 4.69) is 21.4 Å². The molecule has 0 amide bonds. The number of rotatable bonds is 8. The van der Waals surface area contributed by atoms with Crippen LogP contribution in [0.25, 0.3) is 22.2 Å². The highest BCUT2D eigenvalue weighted by molar-refractivity contribution is 5.92. The van der Waals surface area contributed by atoms with Crippen LogP contribution in [-0.2, 0) is 7.05 Å². The van der Waals surface area contributed by atoms with Gasteiger partial charge in [0.2, 0.25) is 5.95 Å². The Morgan fingerprint density at radius 2 is 2.06 bits per heavy atom. The van der Waals surface area contributed by atoms with Crippen LogP contribution in [0.15, 0.2) is 42.7 Å². The molecule has 9 heteroatoms. The van der Waals surface area contributed by atoms with E-state index in [4.69, 9.17) is 18.7 Å². The molecule has 0 radical (unpaired) electrons. The van der Waals surface area contributed by atoms with E-state index >= 15 is 0 Å². The summed E-state index contributed by atoms with van der Waals surface area (Å²) in [4.78, 5) is 11.2. The quantitative estimate of drug-likeness (QED) is 0.355. The Morgan fingerprint density at radius 3 is 2.78 bits per heavy atom. The molecule has 9 nitrogen and oxygen atoms in total. The topological polar surface area (TPSA) is 108 Å². The summed E-state index contributed by atoms with van der Waals surface area (Å²) in [6.45, 7) is -3.72. The Labute approximate surface area is 220 Å². The summed E-state index contributed by atoms with van der Waals surface area (Å²) < 4.78 is 52.9. The zero-order valence-corrected chi connectivity index (χ0v) is 20.6. The number of benzene rings is 2. The number of methoxy groups -OCH3 is 1. The van der Waals surface area contributed by atoms with E-state index in [1.54, 1.807) is 42.4 Å². The number of nitrogen functional groups attached to an aromatic ring is 1. The van der Waals surface area contributed by atoms with Gasteiger partial charge in [0.15, 0.2) is 0 Å². The van der Waals surface area contributed by atoms with Gasteiger partial charge < -0.3 is 30.2 Å². The monoisotopic (exact) mass is 490 g/mol. The molecule has 36 heavy (non-hydrogen) atoms. The van der Waals surface area contributed by atoms with Gasteiger partial charge in [0, 0.05) is 64.8 Å². The van der Waals surface area contributed by atoms with Gasteiger partial charge in [-0.3, -0.25) is 0 Å². The number of nitrogens with two attached hydrogens (primary N) is 1. The van der Waals surface area contributed by atoms with Gasteiger partial charge >= 0.3 is 0 Å². The molecule has 4 rings (SSSR count). The number of ether oxygens (including phenoxy) is 1.